The molecule has 1 rings (SSSR count). The highest BCUT2D eigenvalue weighted by Gasteiger charge is 2.31. The van der Waals surface area contributed by atoms with Crippen LogP contribution in [-0.2, 0) is 6.54 Å². The number of nitrogens with zero attached hydrogens (tertiary/aromatic N) is 1. The van der Waals surface area contributed by atoms with Gasteiger partial charge in [-0.05, 0) is 19.4 Å². The van der Waals surface area contributed by atoms with Crippen molar-refractivity contribution in [3.8, 4) is 5.75 Å². The van der Waals surface area contributed by atoms with Crippen LogP contribution >= 0.6 is 0 Å². The summed E-state index contributed by atoms with van der Waals surface area (Å²) in [5, 5.41) is 6.02. The first-order valence-electron chi connectivity index (χ1n) is 6.85. The van der Waals surface area contributed by atoms with Crippen molar-refractivity contribution in [2.75, 3.05) is 13.6 Å². The fraction of sp³-hybridized carbons (Fsp3) is 0.400. The predicted octanol–water partition coefficient (Wildman–Crippen LogP) is 3.22. The highest BCUT2D eigenvalue weighted by Crippen LogP contribution is 2.25. The quantitative estimate of drug-likeness (QED) is 0.367. The molecule has 0 radical (unpaired) electrons. The van der Waals surface area contributed by atoms with Crippen LogP contribution in [-0.4, -0.2) is 25.9 Å². The summed E-state index contributed by atoms with van der Waals surface area (Å²) in [5.74, 6) is 0.304. The third-order valence-corrected chi connectivity index (χ3v) is 2.71. The summed E-state index contributed by atoms with van der Waals surface area (Å²) in [7, 11) is 1.60. The molecule has 7 heteroatoms. The highest BCUT2D eigenvalue weighted by atomic mass is 19.4. The Balaban J connectivity index is 2.59. The van der Waals surface area contributed by atoms with Crippen molar-refractivity contribution in [2.45, 2.75) is 26.3 Å². The number of benzene rings is 1. The number of nitrogens with one attached hydrogen (secondary N) is 2. The van der Waals surface area contributed by atoms with E-state index in [1.165, 1.54) is 12.1 Å². The van der Waals surface area contributed by atoms with Crippen LogP contribution in [0.15, 0.2) is 41.4 Å². The van der Waals surface area contributed by atoms with Gasteiger partial charge in [0.15, 0.2) is 5.96 Å². The van der Waals surface area contributed by atoms with E-state index in [4.69, 9.17) is 0 Å². The van der Waals surface area contributed by atoms with Crippen LogP contribution in [0.5, 0.6) is 5.75 Å². The molecule has 0 aromatic heterocycles. The summed E-state index contributed by atoms with van der Waals surface area (Å²) in [5.41, 5.74) is 0.399. The van der Waals surface area contributed by atoms with Crippen LogP contribution in [0.4, 0.5) is 13.2 Å². The maximum absolute atomic E-state index is 12.3. The number of ether oxygens (including phenoxy) is 1. The number of alkyl halides is 3. The zero-order valence-corrected chi connectivity index (χ0v) is 12.6. The van der Waals surface area contributed by atoms with Crippen LogP contribution in [0.2, 0.25) is 0 Å². The monoisotopic (exact) mass is 315 g/mol. The summed E-state index contributed by atoms with van der Waals surface area (Å²) in [4.78, 5) is 4.01. The van der Waals surface area contributed by atoms with E-state index in [1.807, 2.05) is 19.1 Å². The summed E-state index contributed by atoms with van der Waals surface area (Å²) >= 11 is 0. The number of aliphatic imine (C=N–C) groups is 1. The Morgan fingerprint density at radius 1 is 1.27 bits per heavy atom. The van der Waals surface area contributed by atoms with E-state index in [0.29, 0.717) is 18.1 Å². The first kappa shape index (κ1) is 17.9. The number of hydrogen-bond donors (Lipinski definition) is 2. The van der Waals surface area contributed by atoms with Gasteiger partial charge in [-0.1, -0.05) is 30.4 Å². The van der Waals surface area contributed by atoms with Gasteiger partial charge in [-0.25, -0.2) is 0 Å². The largest absolute Gasteiger partial charge is 0.573 e. The molecule has 0 saturated heterocycles. The van der Waals surface area contributed by atoms with Crippen molar-refractivity contribution in [3.05, 3.63) is 42.0 Å². The Labute approximate surface area is 128 Å². The minimum Gasteiger partial charge on any atom is -0.405 e. The molecule has 1 aromatic rings. The third kappa shape index (κ3) is 7.01. The highest BCUT2D eigenvalue weighted by molar-refractivity contribution is 5.79. The van der Waals surface area contributed by atoms with Crippen LogP contribution in [0.3, 0.4) is 0 Å². The van der Waals surface area contributed by atoms with Gasteiger partial charge in [-0.2, -0.15) is 0 Å². The summed E-state index contributed by atoms with van der Waals surface area (Å²) < 4.78 is 41.0. The molecular weight excluding hydrogens is 295 g/mol. The number of halogens is 3. The minimum atomic E-state index is -4.71. The lowest BCUT2D eigenvalue weighted by Crippen LogP contribution is -2.37. The number of para-hydroxylation sites is 1. The average molecular weight is 315 g/mol. The topological polar surface area (TPSA) is 45.7 Å². The lowest BCUT2D eigenvalue weighted by Gasteiger charge is -2.15. The van der Waals surface area contributed by atoms with Crippen LogP contribution in [0.25, 0.3) is 0 Å². The molecule has 122 valence electrons. The summed E-state index contributed by atoms with van der Waals surface area (Å²) in [6, 6.07) is 6.01. The van der Waals surface area contributed by atoms with Crippen LogP contribution < -0.4 is 15.4 Å². The van der Waals surface area contributed by atoms with Gasteiger partial charge >= 0.3 is 6.36 Å². The van der Waals surface area contributed by atoms with E-state index in [2.05, 4.69) is 20.4 Å². The smallest absolute Gasteiger partial charge is 0.405 e. The Kier molecular flexibility index (Phi) is 7.28. The second kappa shape index (κ2) is 8.96. The van der Waals surface area contributed by atoms with Gasteiger partial charge in [0.1, 0.15) is 5.75 Å². The van der Waals surface area contributed by atoms with Gasteiger partial charge < -0.3 is 15.4 Å². The number of rotatable bonds is 6. The molecule has 0 atom stereocenters. The molecule has 0 aliphatic carbocycles. The summed E-state index contributed by atoms with van der Waals surface area (Å²) in [6.07, 6.45) is 0.0861. The second-order valence-corrected chi connectivity index (χ2v) is 4.37. The van der Waals surface area contributed by atoms with Gasteiger partial charge in [-0.15, -0.1) is 13.2 Å². The molecular formula is C15H20F3N3O. The van der Waals surface area contributed by atoms with Crippen LogP contribution in [0.1, 0.15) is 18.9 Å². The number of hydrogen-bond acceptors (Lipinski definition) is 2. The van der Waals surface area contributed by atoms with E-state index in [-0.39, 0.29) is 12.3 Å². The maximum atomic E-state index is 12.3. The fourth-order valence-corrected chi connectivity index (χ4v) is 1.71. The lowest BCUT2D eigenvalue weighted by molar-refractivity contribution is -0.274. The molecule has 1 aromatic carbocycles. The van der Waals surface area contributed by atoms with E-state index in [9.17, 15) is 13.2 Å². The van der Waals surface area contributed by atoms with Crippen molar-refractivity contribution in [2.24, 2.45) is 4.99 Å². The molecule has 0 aliphatic rings. The zero-order valence-electron chi connectivity index (χ0n) is 12.6. The number of guanidine groups is 1. The van der Waals surface area contributed by atoms with Gasteiger partial charge in [0.05, 0.1) is 0 Å². The molecule has 0 bridgehead atoms. The maximum Gasteiger partial charge on any atom is 0.573 e. The SMILES string of the molecule is C/C=C/CCNC(=NC)NCc1ccccc1OC(F)(F)F. The van der Waals surface area contributed by atoms with Gasteiger partial charge in [0, 0.05) is 25.7 Å². The average Bonchev–Trinajstić information content (AvgIpc) is 2.46. The zero-order chi connectivity index (χ0) is 16.4. The van der Waals surface area contributed by atoms with Crippen molar-refractivity contribution in [1.82, 2.24) is 10.6 Å². The van der Waals surface area contributed by atoms with Gasteiger partial charge in [-0.3, -0.25) is 4.99 Å². The van der Waals surface area contributed by atoms with E-state index < -0.39 is 6.36 Å². The first-order valence-corrected chi connectivity index (χ1v) is 6.85. The fourth-order valence-electron chi connectivity index (χ4n) is 1.71. The second-order valence-electron chi connectivity index (χ2n) is 4.37. The molecule has 0 heterocycles. The minimum absolute atomic E-state index is 0.176. The Morgan fingerprint density at radius 2 is 2.00 bits per heavy atom. The Morgan fingerprint density at radius 3 is 2.64 bits per heavy atom. The molecule has 0 aliphatic heterocycles. The third-order valence-electron chi connectivity index (χ3n) is 2.71. The normalized spacial score (nSPS) is 12.5. The molecule has 0 spiro atoms. The van der Waals surface area contributed by atoms with Gasteiger partial charge in [0.2, 0.25) is 0 Å². The summed E-state index contributed by atoms with van der Waals surface area (Å²) in [6.45, 7) is 2.80. The molecule has 0 fully saturated rings. The lowest BCUT2D eigenvalue weighted by atomic mass is 10.2. The molecule has 0 unspecified atom stereocenters. The number of allylic oxidation sites excluding steroid dienone is 1. The van der Waals surface area contributed by atoms with E-state index in [0.717, 1.165) is 6.42 Å². The van der Waals surface area contributed by atoms with Gasteiger partial charge in [0.25, 0.3) is 0 Å². The Hall–Kier alpha value is -2.18. The van der Waals surface area contributed by atoms with Crippen molar-refractivity contribution >= 4 is 5.96 Å². The molecule has 0 saturated carbocycles. The Bertz CT molecular complexity index is 513. The van der Waals surface area contributed by atoms with Crippen LogP contribution in [0, 0.1) is 0 Å². The molecule has 2 N–H and O–H groups in total. The van der Waals surface area contributed by atoms with E-state index in [1.54, 1.807) is 19.2 Å². The molecule has 22 heavy (non-hydrogen) atoms. The van der Waals surface area contributed by atoms with Crippen molar-refractivity contribution < 1.29 is 17.9 Å². The molecule has 0 amide bonds. The standard InChI is InChI=1S/C15H20F3N3O/c1-3-4-7-10-20-14(19-2)21-11-12-8-5-6-9-13(12)22-15(16,17)18/h3-6,8-9H,7,10-11H2,1-2H3,(H2,19,20,21)/b4-3+. The van der Waals surface area contributed by atoms with E-state index >= 15 is 0 Å². The van der Waals surface area contributed by atoms with Crippen molar-refractivity contribution in [3.63, 3.8) is 0 Å². The van der Waals surface area contributed by atoms with Crippen molar-refractivity contribution in [1.29, 1.82) is 0 Å². The molecule has 4 nitrogen and oxygen atoms in total. The predicted molar refractivity (Wildman–Crippen MR) is 80.8 cm³/mol. The first-order chi connectivity index (χ1) is 10.5.